The second-order valence-corrected chi connectivity index (χ2v) is 8.42. The molecule has 0 atom stereocenters. The van der Waals surface area contributed by atoms with Gasteiger partial charge < -0.3 is 9.47 Å². The largest absolute Gasteiger partial charge is 0.438 e. The summed E-state index contributed by atoms with van der Waals surface area (Å²) >= 11 is 7.84. The number of aromatic nitrogens is 2. The predicted molar refractivity (Wildman–Crippen MR) is 109 cm³/mol. The zero-order valence-corrected chi connectivity index (χ0v) is 17.3. The molecule has 1 aliphatic heterocycles. The van der Waals surface area contributed by atoms with Crippen molar-refractivity contribution in [1.82, 2.24) is 14.9 Å². The Bertz CT molecular complexity index is 983. The van der Waals surface area contributed by atoms with Crippen molar-refractivity contribution in [2.75, 3.05) is 26.3 Å². The Morgan fingerprint density at radius 2 is 1.96 bits per heavy atom. The number of ether oxygens (including phenoxy) is 2. The molecule has 1 fully saturated rings. The van der Waals surface area contributed by atoms with E-state index < -0.39 is 0 Å². The fourth-order valence-corrected chi connectivity index (χ4v) is 4.31. The van der Waals surface area contributed by atoms with Crippen LogP contribution in [0.3, 0.4) is 0 Å². The number of aryl methyl sites for hydroxylation is 3. The summed E-state index contributed by atoms with van der Waals surface area (Å²) < 4.78 is 11.6. The van der Waals surface area contributed by atoms with Crippen LogP contribution in [-0.4, -0.2) is 41.2 Å². The minimum Gasteiger partial charge on any atom is -0.438 e. The van der Waals surface area contributed by atoms with Gasteiger partial charge in [0.05, 0.1) is 25.1 Å². The monoisotopic (exact) mass is 403 g/mol. The van der Waals surface area contributed by atoms with E-state index in [1.165, 1.54) is 10.4 Å². The number of fused-ring (bicyclic) bond motifs is 1. The van der Waals surface area contributed by atoms with Crippen LogP contribution < -0.4 is 4.74 Å². The topological polar surface area (TPSA) is 47.5 Å². The van der Waals surface area contributed by atoms with Crippen LogP contribution in [0.4, 0.5) is 0 Å². The third-order valence-corrected chi connectivity index (χ3v) is 6.38. The van der Waals surface area contributed by atoms with E-state index in [4.69, 9.17) is 31.0 Å². The molecule has 0 bridgehead atoms. The molecule has 0 spiro atoms. The zero-order chi connectivity index (χ0) is 19.0. The van der Waals surface area contributed by atoms with Crippen LogP contribution in [0.5, 0.6) is 11.6 Å². The highest BCUT2D eigenvalue weighted by Gasteiger charge is 2.19. The standard InChI is InChI=1S/C20H22ClN3O2S/c1-12-10-15(4-5-16(12)21)26-19-18-13(2)14(3)27-20(18)23-17(22-19)11-24-6-8-25-9-7-24/h4-5,10H,6-9,11H2,1-3H3. The van der Waals surface area contributed by atoms with Crippen molar-refractivity contribution in [2.45, 2.75) is 27.3 Å². The maximum atomic E-state index is 6.21. The van der Waals surface area contributed by atoms with Crippen LogP contribution in [0.2, 0.25) is 5.02 Å². The van der Waals surface area contributed by atoms with Crippen molar-refractivity contribution in [3.63, 3.8) is 0 Å². The van der Waals surface area contributed by atoms with Gasteiger partial charge in [0, 0.05) is 23.0 Å². The third-order valence-electron chi connectivity index (χ3n) is 4.85. The third kappa shape index (κ3) is 3.94. The molecule has 1 aromatic carbocycles. The van der Waals surface area contributed by atoms with Crippen molar-refractivity contribution in [1.29, 1.82) is 0 Å². The van der Waals surface area contributed by atoms with Gasteiger partial charge in [-0.25, -0.2) is 4.98 Å². The SMILES string of the molecule is Cc1cc(Oc2nc(CN3CCOCC3)nc3sc(C)c(C)c23)ccc1Cl. The Morgan fingerprint density at radius 3 is 2.70 bits per heavy atom. The summed E-state index contributed by atoms with van der Waals surface area (Å²) in [5, 5.41) is 1.72. The number of benzene rings is 1. The average Bonchev–Trinajstić information content (AvgIpc) is 2.93. The minimum absolute atomic E-state index is 0.617. The number of rotatable bonds is 4. The van der Waals surface area contributed by atoms with Gasteiger partial charge in [-0.2, -0.15) is 4.98 Å². The average molecular weight is 404 g/mol. The molecule has 3 heterocycles. The molecule has 1 saturated heterocycles. The van der Waals surface area contributed by atoms with Crippen LogP contribution in [0.25, 0.3) is 10.2 Å². The summed E-state index contributed by atoms with van der Waals surface area (Å²) in [6.07, 6.45) is 0. The fraction of sp³-hybridized carbons (Fsp3) is 0.400. The van der Waals surface area contributed by atoms with E-state index in [2.05, 4.69) is 18.7 Å². The highest BCUT2D eigenvalue weighted by Crippen LogP contribution is 2.37. The second-order valence-electron chi connectivity index (χ2n) is 6.81. The fourth-order valence-electron chi connectivity index (χ4n) is 3.15. The van der Waals surface area contributed by atoms with Gasteiger partial charge in [-0.15, -0.1) is 11.3 Å². The normalized spacial score (nSPS) is 15.4. The maximum Gasteiger partial charge on any atom is 0.231 e. The van der Waals surface area contributed by atoms with Crippen LogP contribution in [0.1, 0.15) is 21.8 Å². The number of hydrogen-bond donors (Lipinski definition) is 0. The number of nitrogens with zero attached hydrogens (tertiary/aromatic N) is 3. The van der Waals surface area contributed by atoms with E-state index in [1.807, 2.05) is 25.1 Å². The first-order valence-corrected chi connectivity index (χ1v) is 10.2. The van der Waals surface area contributed by atoms with Gasteiger partial charge in [-0.3, -0.25) is 4.90 Å². The molecule has 1 aliphatic rings. The van der Waals surface area contributed by atoms with Gasteiger partial charge in [-0.1, -0.05) is 11.6 Å². The first kappa shape index (κ1) is 18.6. The molecular weight excluding hydrogens is 382 g/mol. The van der Waals surface area contributed by atoms with Crippen LogP contribution in [-0.2, 0) is 11.3 Å². The molecule has 7 heteroatoms. The van der Waals surface area contributed by atoms with Gasteiger partial charge in [0.1, 0.15) is 16.4 Å². The van der Waals surface area contributed by atoms with E-state index in [1.54, 1.807) is 11.3 Å². The minimum atomic E-state index is 0.617. The van der Waals surface area contributed by atoms with Gasteiger partial charge in [0.25, 0.3) is 0 Å². The van der Waals surface area contributed by atoms with E-state index in [9.17, 15) is 0 Å². The van der Waals surface area contributed by atoms with Crippen LogP contribution >= 0.6 is 22.9 Å². The second kappa shape index (κ2) is 7.72. The van der Waals surface area contributed by atoms with E-state index in [-0.39, 0.29) is 0 Å². The lowest BCUT2D eigenvalue weighted by atomic mass is 10.2. The smallest absolute Gasteiger partial charge is 0.231 e. The summed E-state index contributed by atoms with van der Waals surface area (Å²) in [5.41, 5.74) is 2.15. The zero-order valence-electron chi connectivity index (χ0n) is 15.7. The summed E-state index contributed by atoms with van der Waals surface area (Å²) in [6.45, 7) is 10.2. The molecular formula is C20H22ClN3O2S. The van der Waals surface area contributed by atoms with Crippen molar-refractivity contribution in [3.8, 4) is 11.6 Å². The number of morpholine rings is 1. The van der Waals surface area contributed by atoms with Crippen molar-refractivity contribution in [3.05, 3.63) is 45.1 Å². The Morgan fingerprint density at radius 1 is 1.19 bits per heavy atom. The van der Waals surface area contributed by atoms with Crippen molar-refractivity contribution in [2.24, 2.45) is 0 Å². The summed E-state index contributed by atoms with van der Waals surface area (Å²) in [4.78, 5) is 14.1. The Kier molecular flexibility index (Phi) is 5.32. The Hall–Kier alpha value is -1.73. The number of thiophene rings is 1. The Labute approximate surface area is 167 Å². The number of hydrogen-bond acceptors (Lipinski definition) is 6. The lowest BCUT2D eigenvalue weighted by Crippen LogP contribution is -2.36. The molecule has 0 aliphatic carbocycles. The first-order valence-electron chi connectivity index (χ1n) is 9.02. The molecule has 0 radical (unpaired) electrons. The molecule has 4 rings (SSSR count). The molecule has 142 valence electrons. The van der Waals surface area contributed by atoms with Gasteiger partial charge in [0.2, 0.25) is 5.88 Å². The molecule has 0 amide bonds. The van der Waals surface area contributed by atoms with E-state index >= 15 is 0 Å². The first-order chi connectivity index (χ1) is 13.0. The van der Waals surface area contributed by atoms with Gasteiger partial charge in [0.15, 0.2) is 0 Å². The van der Waals surface area contributed by atoms with E-state index in [0.717, 1.165) is 58.7 Å². The molecule has 0 unspecified atom stereocenters. The molecule has 0 saturated carbocycles. The molecule has 0 N–H and O–H groups in total. The molecule has 27 heavy (non-hydrogen) atoms. The predicted octanol–water partition coefficient (Wildman–Crippen LogP) is 4.89. The summed E-state index contributed by atoms with van der Waals surface area (Å²) in [5.74, 6) is 2.13. The highest BCUT2D eigenvalue weighted by molar-refractivity contribution is 7.18. The van der Waals surface area contributed by atoms with E-state index in [0.29, 0.717) is 12.4 Å². The summed E-state index contributed by atoms with van der Waals surface area (Å²) in [7, 11) is 0. The number of halogens is 1. The van der Waals surface area contributed by atoms with Gasteiger partial charge >= 0.3 is 0 Å². The Balaban J connectivity index is 1.72. The molecule has 2 aromatic heterocycles. The lowest BCUT2D eigenvalue weighted by molar-refractivity contribution is 0.0330. The van der Waals surface area contributed by atoms with Crippen molar-refractivity contribution >= 4 is 33.2 Å². The lowest BCUT2D eigenvalue weighted by Gasteiger charge is -2.25. The van der Waals surface area contributed by atoms with Crippen LogP contribution in [0.15, 0.2) is 18.2 Å². The van der Waals surface area contributed by atoms with Crippen LogP contribution in [0, 0.1) is 20.8 Å². The van der Waals surface area contributed by atoms with Gasteiger partial charge in [-0.05, 0) is 50.1 Å². The molecule has 5 nitrogen and oxygen atoms in total. The summed E-state index contributed by atoms with van der Waals surface area (Å²) in [6, 6.07) is 5.66. The maximum absolute atomic E-state index is 6.21. The quantitative estimate of drug-likeness (QED) is 0.620. The highest BCUT2D eigenvalue weighted by atomic mass is 35.5. The van der Waals surface area contributed by atoms with Crippen molar-refractivity contribution < 1.29 is 9.47 Å². The molecule has 3 aromatic rings.